The van der Waals surface area contributed by atoms with E-state index in [0.29, 0.717) is 6.54 Å². The zero-order valence-electron chi connectivity index (χ0n) is 10.0. The third-order valence-electron chi connectivity index (χ3n) is 2.11. The number of carbonyl (C=O) groups excluding carboxylic acids is 1. The van der Waals surface area contributed by atoms with Crippen LogP contribution in [0.4, 0.5) is 5.69 Å². The van der Waals surface area contributed by atoms with Gasteiger partial charge in [0.15, 0.2) is 0 Å². The van der Waals surface area contributed by atoms with E-state index in [2.05, 4.69) is 17.2 Å². The maximum atomic E-state index is 11.3. The van der Waals surface area contributed by atoms with Crippen molar-refractivity contribution in [1.29, 1.82) is 0 Å². The van der Waals surface area contributed by atoms with Crippen LogP contribution in [0.5, 0.6) is 0 Å². The van der Waals surface area contributed by atoms with E-state index in [1.165, 1.54) is 7.11 Å². The largest absolute Gasteiger partial charge is 0.375 e. The Balaban J connectivity index is 2.78. The molecule has 0 heterocycles. The summed E-state index contributed by atoms with van der Waals surface area (Å²) in [5.41, 5.74) is 7.97. The van der Waals surface area contributed by atoms with Gasteiger partial charge in [0.25, 0.3) is 0 Å². The fraction of sp³-hybridized carbons (Fsp3) is 0.308. The van der Waals surface area contributed by atoms with Crippen LogP contribution >= 0.6 is 0 Å². The number of nitrogens with one attached hydrogen (secondary N) is 1. The topological polar surface area (TPSA) is 64.3 Å². The van der Waals surface area contributed by atoms with E-state index in [0.717, 1.165) is 16.8 Å². The SMILES string of the molecule is COCC(=O)Nc1ccc(C#CCN)c(C)c1. The molecule has 0 fully saturated rings. The van der Waals surface area contributed by atoms with Gasteiger partial charge in [-0.15, -0.1) is 0 Å². The molecule has 0 atom stereocenters. The lowest BCUT2D eigenvalue weighted by atomic mass is 10.1. The van der Waals surface area contributed by atoms with E-state index in [1.54, 1.807) is 6.07 Å². The van der Waals surface area contributed by atoms with Crippen molar-refractivity contribution in [3.63, 3.8) is 0 Å². The van der Waals surface area contributed by atoms with Gasteiger partial charge in [0.2, 0.25) is 5.91 Å². The van der Waals surface area contributed by atoms with Gasteiger partial charge in [-0.25, -0.2) is 0 Å². The van der Waals surface area contributed by atoms with Crippen LogP contribution in [0.3, 0.4) is 0 Å². The number of aryl methyl sites for hydroxylation is 1. The zero-order valence-corrected chi connectivity index (χ0v) is 10.0. The van der Waals surface area contributed by atoms with Crippen LogP contribution in [0.2, 0.25) is 0 Å². The second kappa shape index (κ2) is 6.69. The van der Waals surface area contributed by atoms with E-state index in [-0.39, 0.29) is 12.5 Å². The van der Waals surface area contributed by atoms with Crippen molar-refractivity contribution >= 4 is 11.6 Å². The van der Waals surface area contributed by atoms with Crippen molar-refractivity contribution in [2.24, 2.45) is 5.73 Å². The molecule has 0 aliphatic rings. The molecule has 1 aromatic rings. The highest BCUT2D eigenvalue weighted by Gasteiger charge is 2.02. The number of benzene rings is 1. The van der Waals surface area contributed by atoms with Gasteiger partial charge >= 0.3 is 0 Å². The third-order valence-corrected chi connectivity index (χ3v) is 2.11. The van der Waals surface area contributed by atoms with Crippen molar-refractivity contribution < 1.29 is 9.53 Å². The summed E-state index contributed by atoms with van der Waals surface area (Å²) in [6, 6.07) is 5.54. The van der Waals surface area contributed by atoms with E-state index >= 15 is 0 Å². The number of rotatable bonds is 3. The Labute approximate surface area is 101 Å². The number of nitrogens with two attached hydrogens (primary N) is 1. The Hall–Kier alpha value is -1.83. The van der Waals surface area contributed by atoms with Gasteiger partial charge in [-0.2, -0.15) is 0 Å². The summed E-state index contributed by atoms with van der Waals surface area (Å²) < 4.78 is 4.73. The molecular formula is C13H16N2O2. The molecule has 1 amide bonds. The van der Waals surface area contributed by atoms with Gasteiger partial charge < -0.3 is 15.8 Å². The average Bonchev–Trinajstić information content (AvgIpc) is 2.28. The molecular weight excluding hydrogens is 216 g/mol. The van der Waals surface area contributed by atoms with Gasteiger partial charge in [-0.05, 0) is 30.7 Å². The first-order valence-electron chi connectivity index (χ1n) is 5.25. The molecule has 0 bridgehead atoms. The normalized spacial score (nSPS) is 9.35. The number of ether oxygens (including phenoxy) is 1. The van der Waals surface area contributed by atoms with Crippen LogP contribution in [0.25, 0.3) is 0 Å². The quantitative estimate of drug-likeness (QED) is 0.761. The molecule has 0 aliphatic heterocycles. The maximum Gasteiger partial charge on any atom is 0.250 e. The monoisotopic (exact) mass is 232 g/mol. The molecule has 0 aliphatic carbocycles. The van der Waals surface area contributed by atoms with Crippen LogP contribution in [0.15, 0.2) is 18.2 Å². The number of hydrogen-bond donors (Lipinski definition) is 2. The summed E-state index contributed by atoms with van der Waals surface area (Å²) in [5, 5.41) is 2.73. The minimum Gasteiger partial charge on any atom is -0.375 e. The molecule has 0 saturated heterocycles. The fourth-order valence-electron chi connectivity index (χ4n) is 1.36. The van der Waals surface area contributed by atoms with Crippen molar-refractivity contribution in [3.8, 4) is 11.8 Å². The molecule has 1 aromatic carbocycles. The summed E-state index contributed by atoms with van der Waals surface area (Å²) in [6.45, 7) is 2.33. The molecule has 0 saturated carbocycles. The summed E-state index contributed by atoms with van der Waals surface area (Å²) >= 11 is 0. The maximum absolute atomic E-state index is 11.3. The second-order valence-corrected chi connectivity index (χ2v) is 3.52. The average molecular weight is 232 g/mol. The molecule has 90 valence electrons. The van der Waals surface area contributed by atoms with Crippen molar-refractivity contribution in [3.05, 3.63) is 29.3 Å². The standard InChI is InChI=1S/C13H16N2O2/c1-10-8-12(15-13(16)9-17-2)6-5-11(10)4-3-7-14/h5-6,8H,7,9,14H2,1-2H3,(H,15,16). The molecule has 4 heteroatoms. The minimum atomic E-state index is -0.173. The number of hydrogen-bond acceptors (Lipinski definition) is 3. The van der Waals surface area contributed by atoms with E-state index in [4.69, 9.17) is 10.5 Å². The molecule has 3 N–H and O–H groups in total. The number of methoxy groups -OCH3 is 1. The molecule has 0 aromatic heterocycles. The van der Waals surface area contributed by atoms with E-state index < -0.39 is 0 Å². The Morgan fingerprint density at radius 3 is 2.88 bits per heavy atom. The lowest BCUT2D eigenvalue weighted by Crippen LogP contribution is -2.17. The molecule has 1 rings (SSSR count). The van der Waals surface area contributed by atoms with Crippen molar-refractivity contribution in [2.75, 3.05) is 25.6 Å². The summed E-state index contributed by atoms with van der Waals surface area (Å²) in [5.74, 6) is 5.59. The van der Waals surface area contributed by atoms with E-state index in [9.17, 15) is 4.79 Å². The van der Waals surface area contributed by atoms with Gasteiger partial charge in [0.05, 0.1) is 6.54 Å². The minimum absolute atomic E-state index is 0.0494. The van der Waals surface area contributed by atoms with Gasteiger partial charge in [0.1, 0.15) is 6.61 Å². The molecule has 17 heavy (non-hydrogen) atoms. The first-order valence-corrected chi connectivity index (χ1v) is 5.25. The smallest absolute Gasteiger partial charge is 0.250 e. The van der Waals surface area contributed by atoms with Crippen molar-refractivity contribution in [1.82, 2.24) is 0 Å². The van der Waals surface area contributed by atoms with Gasteiger partial charge in [-0.1, -0.05) is 11.8 Å². The number of anilines is 1. The Bertz CT molecular complexity index is 458. The zero-order chi connectivity index (χ0) is 12.7. The highest BCUT2D eigenvalue weighted by Crippen LogP contribution is 2.14. The number of amides is 1. The van der Waals surface area contributed by atoms with Crippen LogP contribution < -0.4 is 11.1 Å². The Kier molecular flexibility index (Phi) is 5.21. The van der Waals surface area contributed by atoms with Crippen LogP contribution in [-0.4, -0.2) is 26.2 Å². The summed E-state index contributed by atoms with van der Waals surface area (Å²) in [4.78, 5) is 11.3. The van der Waals surface area contributed by atoms with E-state index in [1.807, 2.05) is 19.1 Å². The third kappa shape index (κ3) is 4.27. The van der Waals surface area contributed by atoms with Crippen LogP contribution in [0, 0.1) is 18.8 Å². The highest BCUT2D eigenvalue weighted by molar-refractivity contribution is 5.91. The first-order chi connectivity index (χ1) is 8.17. The summed E-state index contributed by atoms with van der Waals surface area (Å²) in [6.07, 6.45) is 0. The lowest BCUT2D eigenvalue weighted by molar-refractivity contribution is -0.119. The first kappa shape index (κ1) is 13.2. The Morgan fingerprint density at radius 1 is 1.53 bits per heavy atom. The van der Waals surface area contributed by atoms with Gasteiger partial charge in [0, 0.05) is 18.4 Å². The molecule has 0 unspecified atom stereocenters. The van der Waals surface area contributed by atoms with Crippen LogP contribution in [-0.2, 0) is 9.53 Å². The van der Waals surface area contributed by atoms with Gasteiger partial charge in [-0.3, -0.25) is 4.79 Å². The Morgan fingerprint density at radius 2 is 2.29 bits per heavy atom. The lowest BCUT2D eigenvalue weighted by Gasteiger charge is -2.06. The molecule has 4 nitrogen and oxygen atoms in total. The molecule has 0 radical (unpaired) electrons. The highest BCUT2D eigenvalue weighted by atomic mass is 16.5. The number of carbonyl (C=O) groups is 1. The fourth-order valence-corrected chi connectivity index (χ4v) is 1.36. The predicted molar refractivity (Wildman–Crippen MR) is 67.6 cm³/mol. The molecule has 0 spiro atoms. The van der Waals surface area contributed by atoms with Crippen molar-refractivity contribution in [2.45, 2.75) is 6.92 Å². The second-order valence-electron chi connectivity index (χ2n) is 3.52. The predicted octanol–water partition coefficient (Wildman–Crippen LogP) is 0.890. The van der Waals surface area contributed by atoms with Crippen LogP contribution in [0.1, 0.15) is 11.1 Å². The summed E-state index contributed by atoms with van der Waals surface area (Å²) in [7, 11) is 1.48.